The van der Waals surface area contributed by atoms with E-state index in [4.69, 9.17) is 33.9 Å². The lowest BCUT2D eigenvalue weighted by Crippen LogP contribution is -2.45. The average molecular weight is 427 g/mol. The van der Waals surface area contributed by atoms with Crippen LogP contribution in [0.5, 0.6) is 0 Å². The summed E-state index contributed by atoms with van der Waals surface area (Å²) < 4.78 is 0. The van der Waals surface area contributed by atoms with Crippen molar-refractivity contribution in [3.05, 3.63) is 34.1 Å². The third-order valence-electron chi connectivity index (χ3n) is 4.45. The van der Waals surface area contributed by atoms with Crippen molar-refractivity contribution in [3.63, 3.8) is 0 Å². The van der Waals surface area contributed by atoms with E-state index in [-0.39, 0.29) is 11.2 Å². The molecule has 0 spiro atoms. The summed E-state index contributed by atoms with van der Waals surface area (Å²) in [6.45, 7) is 5.85. The Labute approximate surface area is 174 Å². The molecule has 1 aliphatic heterocycles. The molecule has 1 saturated heterocycles. The summed E-state index contributed by atoms with van der Waals surface area (Å²) in [7, 11) is 2.12. The van der Waals surface area contributed by atoms with Crippen LogP contribution in [0.1, 0.15) is 30.8 Å². The third kappa shape index (κ3) is 5.38. The standard InChI is InChI=1S/C18H24Cl2N6S/c1-3-4-14(27-15-11-12(19)5-6-13(15)20)16-22-17(21)24-18(23-16)26-9-7-25(2)8-10-26/h5-6,11,14H,3-4,7-10H2,1-2H3,(H2,21,22,23,24). The van der Waals surface area contributed by atoms with Crippen molar-refractivity contribution < 1.29 is 0 Å². The summed E-state index contributed by atoms with van der Waals surface area (Å²) in [5.41, 5.74) is 6.02. The van der Waals surface area contributed by atoms with Crippen LogP contribution in [0.2, 0.25) is 10.0 Å². The predicted octanol–water partition coefficient (Wildman–Crippen LogP) is 4.15. The number of nitrogens with two attached hydrogens (primary N) is 1. The number of nitrogen functional groups attached to an aromatic ring is 1. The Morgan fingerprint density at radius 3 is 2.59 bits per heavy atom. The molecule has 9 heteroatoms. The van der Waals surface area contributed by atoms with Crippen molar-refractivity contribution >= 4 is 46.9 Å². The first-order valence-electron chi connectivity index (χ1n) is 9.03. The summed E-state index contributed by atoms with van der Waals surface area (Å²) in [5.74, 6) is 1.61. The molecule has 1 atom stereocenters. The maximum absolute atomic E-state index is 6.36. The van der Waals surface area contributed by atoms with Crippen LogP contribution in [0, 0.1) is 0 Å². The number of halogens is 2. The first-order valence-corrected chi connectivity index (χ1v) is 10.7. The van der Waals surface area contributed by atoms with Crippen molar-refractivity contribution in [1.29, 1.82) is 0 Å². The van der Waals surface area contributed by atoms with Gasteiger partial charge in [-0.15, -0.1) is 11.8 Å². The van der Waals surface area contributed by atoms with E-state index < -0.39 is 0 Å². The van der Waals surface area contributed by atoms with Gasteiger partial charge < -0.3 is 15.5 Å². The van der Waals surface area contributed by atoms with Crippen LogP contribution in [0.15, 0.2) is 23.1 Å². The highest BCUT2D eigenvalue weighted by Crippen LogP contribution is 2.41. The van der Waals surface area contributed by atoms with Crippen LogP contribution < -0.4 is 10.6 Å². The Kier molecular flexibility index (Phi) is 7.03. The summed E-state index contributed by atoms with van der Waals surface area (Å²) in [5, 5.41) is 1.36. The minimum atomic E-state index is 0.0301. The zero-order valence-electron chi connectivity index (χ0n) is 15.5. The highest BCUT2D eigenvalue weighted by Gasteiger charge is 2.22. The molecule has 6 nitrogen and oxygen atoms in total. The van der Waals surface area contributed by atoms with Gasteiger partial charge in [0.1, 0.15) is 5.82 Å². The van der Waals surface area contributed by atoms with Crippen LogP contribution >= 0.6 is 35.0 Å². The van der Waals surface area contributed by atoms with Gasteiger partial charge >= 0.3 is 0 Å². The van der Waals surface area contributed by atoms with Crippen molar-refractivity contribution in [1.82, 2.24) is 19.9 Å². The van der Waals surface area contributed by atoms with Crippen LogP contribution in [0.3, 0.4) is 0 Å². The van der Waals surface area contributed by atoms with Crippen LogP contribution in [0.25, 0.3) is 0 Å². The number of hydrogen-bond acceptors (Lipinski definition) is 7. The molecule has 1 unspecified atom stereocenters. The minimum Gasteiger partial charge on any atom is -0.368 e. The molecule has 0 bridgehead atoms. The number of piperazine rings is 1. The SMILES string of the molecule is CCCC(Sc1cc(Cl)ccc1Cl)c1nc(N)nc(N2CCN(C)CC2)n1. The van der Waals surface area contributed by atoms with Gasteiger partial charge in [0.05, 0.1) is 10.3 Å². The second-order valence-electron chi connectivity index (χ2n) is 6.61. The van der Waals surface area contributed by atoms with Gasteiger partial charge in [0.15, 0.2) is 0 Å². The molecular weight excluding hydrogens is 403 g/mol. The molecular formula is C18H24Cl2N6S. The molecule has 1 aliphatic rings. The maximum Gasteiger partial charge on any atom is 0.230 e. The minimum absolute atomic E-state index is 0.0301. The van der Waals surface area contributed by atoms with Gasteiger partial charge in [-0.1, -0.05) is 36.5 Å². The van der Waals surface area contributed by atoms with E-state index in [2.05, 4.69) is 33.7 Å². The van der Waals surface area contributed by atoms with Gasteiger partial charge in [0.2, 0.25) is 11.9 Å². The molecule has 0 aliphatic carbocycles. The maximum atomic E-state index is 6.36. The van der Waals surface area contributed by atoms with E-state index in [1.54, 1.807) is 17.8 Å². The molecule has 27 heavy (non-hydrogen) atoms. The van der Waals surface area contributed by atoms with Crippen molar-refractivity contribution in [3.8, 4) is 0 Å². The molecule has 1 aromatic heterocycles. The molecule has 3 rings (SSSR count). The van der Waals surface area contributed by atoms with E-state index in [0.717, 1.165) is 43.9 Å². The van der Waals surface area contributed by atoms with Gasteiger partial charge in [0.25, 0.3) is 0 Å². The summed E-state index contributed by atoms with van der Waals surface area (Å²) >= 11 is 14.1. The summed E-state index contributed by atoms with van der Waals surface area (Å²) in [4.78, 5) is 18.9. The van der Waals surface area contributed by atoms with E-state index in [1.807, 2.05) is 12.1 Å². The Morgan fingerprint density at radius 2 is 1.89 bits per heavy atom. The largest absolute Gasteiger partial charge is 0.368 e. The first kappa shape index (κ1) is 20.5. The van der Waals surface area contributed by atoms with Gasteiger partial charge in [-0.25, -0.2) is 0 Å². The normalized spacial score (nSPS) is 16.5. The smallest absolute Gasteiger partial charge is 0.230 e. The highest BCUT2D eigenvalue weighted by atomic mass is 35.5. The lowest BCUT2D eigenvalue weighted by atomic mass is 10.2. The summed E-state index contributed by atoms with van der Waals surface area (Å²) in [6.07, 6.45) is 1.89. The zero-order valence-corrected chi connectivity index (χ0v) is 17.9. The fraction of sp³-hybridized carbons (Fsp3) is 0.500. The topological polar surface area (TPSA) is 71.2 Å². The molecule has 1 fully saturated rings. The van der Waals surface area contributed by atoms with Gasteiger partial charge in [-0.3, -0.25) is 0 Å². The second kappa shape index (κ2) is 9.28. The van der Waals surface area contributed by atoms with Gasteiger partial charge in [-0.05, 0) is 31.7 Å². The Balaban J connectivity index is 1.87. The Bertz CT molecular complexity index is 782. The second-order valence-corrected chi connectivity index (χ2v) is 8.70. The third-order valence-corrected chi connectivity index (χ3v) is 6.45. The molecule has 2 N–H and O–H groups in total. The monoisotopic (exact) mass is 426 g/mol. The van der Waals surface area contributed by atoms with Crippen molar-refractivity contribution in [2.75, 3.05) is 43.9 Å². The number of nitrogens with zero attached hydrogens (tertiary/aromatic N) is 5. The highest BCUT2D eigenvalue weighted by molar-refractivity contribution is 7.99. The van der Waals surface area contributed by atoms with E-state index >= 15 is 0 Å². The van der Waals surface area contributed by atoms with E-state index in [9.17, 15) is 0 Å². The van der Waals surface area contributed by atoms with Crippen molar-refractivity contribution in [2.45, 2.75) is 29.9 Å². The average Bonchev–Trinajstić information content (AvgIpc) is 2.64. The quantitative estimate of drug-likeness (QED) is 0.695. The zero-order chi connectivity index (χ0) is 19.4. The summed E-state index contributed by atoms with van der Waals surface area (Å²) in [6, 6.07) is 5.48. The number of rotatable bonds is 6. The number of hydrogen-bond donors (Lipinski definition) is 1. The van der Waals surface area contributed by atoms with E-state index in [1.165, 1.54) is 0 Å². The van der Waals surface area contributed by atoms with E-state index in [0.29, 0.717) is 21.8 Å². The Morgan fingerprint density at radius 1 is 1.15 bits per heavy atom. The number of aromatic nitrogens is 3. The number of anilines is 2. The molecule has 146 valence electrons. The molecule has 0 radical (unpaired) electrons. The number of thioether (sulfide) groups is 1. The Hall–Kier alpha value is -1.28. The molecule has 0 amide bonds. The van der Waals surface area contributed by atoms with Crippen LogP contribution in [-0.4, -0.2) is 53.1 Å². The van der Waals surface area contributed by atoms with Gasteiger partial charge in [0, 0.05) is 36.1 Å². The molecule has 2 heterocycles. The lowest BCUT2D eigenvalue weighted by Gasteiger charge is -2.32. The fourth-order valence-electron chi connectivity index (χ4n) is 2.91. The molecule has 2 aromatic rings. The first-order chi connectivity index (χ1) is 13.0. The van der Waals surface area contributed by atoms with Crippen LogP contribution in [-0.2, 0) is 0 Å². The van der Waals surface area contributed by atoms with Crippen molar-refractivity contribution in [2.24, 2.45) is 0 Å². The van der Waals surface area contributed by atoms with Crippen LogP contribution in [0.4, 0.5) is 11.9 Å². The molecule has 0 saturated carbocycles. The number of likely N-dealkylation sites (N-methyl/N-ethyl adjacent to an activating group) is 1. The fourth-order valence-corrected chi connectivity index (χ4v) is 4.65. The molecule has 1 aromatic carbocycles. The number of benzene rings is 1. The lowest BCUT2D eigenvalue weighted by molar-refractivity contribution is 0.311. The predicted molar refractivity (Wildman–Crippen MR) is 114 cm³/mol. The van der Waals surface area contributed by atoms with Gasteiger partial charge in [-0.2, -0.15) is 15.0 Å².